The molecule has 0 saturated heterocycles. The molecule has 1 atom stereocenters. The van der Waals surface area contributed by atoms with Gasteiger partial charge in [-0.1, -0.05) is 48.9 Å². The molecule has 0 fully saturated rings. The van der Waals surface area contributed by atoms with E-state index >= 15 is 0 Å². The molecule has 5 nitrogen and oxygen atoms in total. The zero-order chi connectivity index (χ0) is 19.9. The minimum Gasteiger partial charge on any atom is -0.354 e. The Hall–Kier alpha value is -2.05. The van der Waals surface area contributed by atoms with E-state index in [0.29, 0.717) is 23.7 Å². The Morgan fingerprint density at radius 1 is 1.11 bits per heavy atom. The lowest BCUT2D eigenvalue weighted by Crippen LogP contribution is -2.49. The van der Waals surface area contributed by atoms with Crippen LogP contribution in [-0.2, 0) is 21.2 Å². The number of sulfonamides is 1. The first-order valence-electron chi connectivity index (χ1n) is 8.89. The van der Waals surface area contributed by atoms with Crippen molar-refractivity contribution in [2.45, 2.75) is 32.2 Å². The number of para-hydroxylation sites is 1. The summed E-state index contributed by atoms with van der Waals surface area (Å²) in [5.41, 5.74) is 1.63. The van der Waals surface area contributed by atoms with Gasteiger partial charge in [-0.25, -0.2) is 8.42 Å². The van der Waals surface area contributed by atoms with E-state index in [2.05, 4.69) is 5.32 Å². The van der Waals surface area contributed by atoms with Crippen LogP contribution in [-0.4, -0.2) is 33.2 Å². The fourth-order valence-corrected chi connectivity index (χ4v) is 4.25. The number of hydrogen-bond donors (Lipinski definition) is 1. The van der Waals surface area contributed by atoms with Crippen molar-refractivity contribution < 1.29 is 13.2 Å². The van der Waals surface area contributed by atoms with Gasteiger partial charge >= 0.3 is 0 Å². The number of nitrogens with one attached hydrogen (secondary N) is 1. The molecule has 2 rings (SSSR count). The third kappa shape index (κ3) is 6.26. The topological polar surface area (TPSA) is 66.5 Å². The molecule has 0 spiro atoms. The zero-order valence-corrected chi connectivity index (χ0v) is 17.1. The highest BCUT2D eigenvalue weighted by molar-refractivity contribution is 7.92. The molecule has 0 aliphatic heterocycles. The lowest BCUT2D eigenvalue weighted by molar-refractivity contribution is -0.122. The highest BCUT2D eigenvalue weighted by Gasteiger charge is 2.31. The molecule has 27 heavy (non-hydrogen) atoms. The van der Waals surface area contributed by atoms with Gasteiger partial charge in [0.15, 0.2) is 0 Å². The number of rotatable bonds is 9. The molecular weight excluding hydrogens is 384 g/mol. The fraction of sp³-hybridized carbons (Fsp3) is 0.350. The second-order valence-electron chi connectivity index (χ2n) is 6.34. The summed E-state index contributed by atoms with van der Waals surface area (Å²) < 4.78 is 25.8. The van der Waals surface area contributed by atoms with E-state index in [-0.39, 0.29) is 5.91 Å². The summed E-state index contributed by atoms with van der Waals surface area (Å²) in [4.78, 5) is 12.7. The van der Waals surface area contributed by atoms with Gasteiger partial charge in [0.2, 0.25) is 15.9 Å². The Labute approximate surface area is 166 Å². The minimum atomic E-state index is -3.59. The molecule has 1 unspecified atom stereocenters. The molecule has 2 aromatic carbocycles. The molecule has 0 aliphatic carbocycles. The van der Waals surface area contributed by atoms with Gasteiger partial charge in [0.25, 0.3) is 0 Å². The first-order valence-corrected chi connectivity index (χ1v) is 11.1. The van der Waals surface area contributed by atoms with Crippen LogP contribution in [0.4, 0.5) is 5.69 Å². The van der Waals surface area contributed by atoms with Gasteiger partial charge in [0, 0.05) is 11.6 Å². The van der Waals surface area contributed by atoms with Crippen molar-refractivity contribution in [2.24, 2.45) is 0 Å². The van der Waals surface area contributed by atoms with Crippen LogP contribution in [0.2, 0.25) is 5.02 Å². The Kier molecular flexibility index (Phi) is 7.68. The third-order valence-electron chi connectivity index (χ3n) is 4.20. The molecule has 1 amide bonds. The maximum absolute atomic E-state index is 12.7. The van der Waals surface area contributed by atoms with Gasteiger partial charge in [0.05, 0.1) is 11.9 Å². The van der Waals surface area contributed by atoms with Gasteiger partial charge < -0.3 is 5.32 Å². The summed E-state index contributed by atoms with van der Waals surface area (Å²) in [6.45, 7) is 2.28. The Morgan fingerprint density at radius 3 is 2.30 bits per heavy atom. The number of benzene rings is 2. The average molecular weight is 409 g/mol. The molecule has 1 N–H and O–H groups in total. The normalized spacial score (nSPS) is 12.4. The lowest BCUT2D eigenvalue weighted by Gasteiger charge is -2.30. The molecule has 0 radical (unpaired) electrons. The fourth-order valence-electron chi connectivity index (χ4n) is 2.91. The number of nitrogens with zero attached hydrogens (tertiary/aromatic N) is 1. The quantitative estimate of drug-likeness (QED) is 0.644. The van der Waals surface area contributed by atoms with Crippen molar-refractivity contribution in [3.05, 3.63) is 65.2 Å². The van der Waals surface area contributed by atoms with E-state index in [1.165, 1.54) is 4.31 Å². The molecule has 7 heteroatoms. The second kappa shape index (κ2) is 9.76. The molecule has 0 aromatic heterocycles. The zero-order valence-electron chi connectivity index (χ0n) is 15.6. The van der Waals surface area contributed by atoms with Crippen molar-refractivity contribution in [1.29, 1.82) is 0 Å². The van der Waals surface area contributed by atoms with Crippen molar-refractivity contribution in [2.75, 3.05) is 17.1 Å². The number of amides is 1. The van der Waals surface area contributed by atoms with E-state index in [4.69, 9.17) is 11.6 Å². The Balaban J connectivity index is 1.99. The van der Waals surface area contributed by atoms with Crippen LogP contribution in [0, 0.1) is 0 Å². The van der Waals surface area contributed by atoms with Crippen molar-refractivity contribution in [3.8, 4) is 0 Å². The maximum atomic E-state index is 12.7. The lowest BCUT2D eigenvalue weighted by atomic mass is 10.1. The number of anilines is 1. The summed E-state index contributed by atoms with van der Waals surface area (Å²) in [7, 11) is -3.59. The first-order chi connectivity index (χ1) is 12.8. The molecular formula is C20H25ClN2O3S. The third-order valence-corrected chi connectivity index (χ3v) is 5.63. The highest BCUT2D eigenvalue weighted by Crippen LogP contribution is 2.22. The Morgan fingerprint density at radius 2 is 1.74 bits per heavy atom. The van der Waals surface area contributed by atoms with Crippen LogP contribution in [0.5, 0.6) is 0 Å². The molecule has 0 aliphatic rings. The Bertz CT molecular complexity index is 839. The first kappa shape index (κ1) is 21.3. The largest absolute Gasteiger partial charge is 0.354 e. The second-order valence-corrected chi connectivity index (χ2v) is 8.64. The van der Waals surface area contributed by atoms with Crippen molar-refractivity contribution >= 4 is 33.2 Å². The van der Waals surface area contributed by atoms with Crippen molar-refractivity contribution in [1.82, 2.24) is 5.32 Å². The number of carbonyl (C=O) groups excluding carboxylic acids is 1. The minimum absolute atomic E-state index is 0.289. The SMILES string of the molecule is CCC(C(=O)NCCCc1ccc(Cl)cc1)N(c1ccccc1)S(C)(=O)=O. The van der Waals surface area contributed by atoms with Gasteiger partial charge in [-0.15, -0.1) is 0 Å². The van der Waals surface area contributed by atoms with Crippen molar-refractivity contribution in [3.63, 3.8) is 0 Å². The predicted octanol–water partition coefficient (Wildman–Crippen LogP) is 3.63. The van der Waals surface area contributed by atoms with E-state index in [1.807, 2.05) is 30.3 Å². The summed E-state index contributed by atoms with van der Waals surface area (Å²) in [5, 5.41) is 3.56. The van der Waals surface area contributed by atoms with Crippen LogP contribution in [0.25, 0.3) is 0 Å². The summed E-state index contributed by atoms with van der Waals surface area (Å²) >= 11 is 5.87. The highest BCUT2D eigenvalue weighted by atomic mass is 35.5. The maximum Gasteiger partial charge on any atom is 0.243 e. The van der Waals surface area contributed by atoms with Gasteiger partial charge in [-0.05, 0) is 49.1 Å². The number of aryl methyl sites for hydroxylation is 1. The smallest absolute Gasteiger partial charge is 0.243 e. The van der Waals surface area contributed by atoms with E-state index < -0.39 is 16.1 Å². The van der Waals surface area contributed by atoms with Gasteiger partial charge in [0.1, 0.15) is 6.04 Å². The average Bonchev–Trinajstić information content (AvgIpc) is 2.64. The summed E-state index contributed by atoms with van der Waals surface area (Å²) in [6, 6.07) is 15.5. The van der Waals surface area contributed by atoms with Gasteiger partial charge in [-0.3, -0.25) is 9.10 Å². The van der Waals surface area contributed by atoms with E-state index in [9.17, 15) is 13.2 Å². The van der Waals surface area contributed by atoms with Crippen LogP contribution in [0.1, 0.15) is 25.3 Å². The van der Waals surface area contributed by atoms with Crippen LogP contribution >= 0.6 is 11.6 Å². The number of carbonyl (C=O) groups is 1. The van der Waals surface area contributed by atoms with Crippen LogP contribution < -0.4 is 9.62 Å². The molecule has 0 bridgehead atoms. The number of hydrogen-bond acceptors (Lipinski definition) is 3. The number of halogens is 1. The summed E-state index contributed by atoms with van der Waals surface area (Å²) in [6.07, 6.45) is 3.07. The monoisotopic (exact) mass is 408 g/mol. The predicted molar refractivity (Wildman–Crippen MR) is 111 cm³/mol. The molecule has 0 heterocycles. The van der Waals surface area contributed by atoms with Crippen LogP contribution in [0.3, 0.4) is 0 Å². The standard InChI is InChI=1S/C20H25ClN2O3S/c1-3-19(23(27(2,25)26)18-9-5-4-6-10-18)20(24)22-15-7-8-16-11-13-17(21)14-12-16/h4-6,9-14,19H,3,7-8,15H2,1-2H3,(H,22,24). The molecule has 0 saturated carbocycles. The molecule has 2 aromatic rings. The van der Waals surface area contributed by atoms with Crippen LogP contribution in [0.15, 0.2) is 54.6 Å². The van der Waals surface area contributed by atoms with E-state index in [0.717, 1.165) is 24.7 Å². The van der Waals surface area contributed by atoms with Gasteiger partial charge in [-0.2, -0.15) is 0 Å². The summed E-state index contributed by atoms with van der Waals surface area (Å²) in [5.74, 6) is -0.289. The van der Waals surface area contributed by atoms with E-state index in [1.54, 1.807) is 31.2 Å². The molecule has 146 valence electrons.